The third kappa shape index (κ3) is 2.09. The minimum absolute atomic E-state index is 0.0814. The van der Waals surface area contributed by atoms with Crippen LogP contribution in [-0.2, 0) is 4.79 Å². The van der Waals surface area contributed by atoms with Gasteiger partial charge in [-0.3, -0.25) is 4.79 Å². The molecule has 15 heavy (non-hydrogen) atoms. The summed E-state index contributed by atoms with van der Waals surface area (Å²) in [5, 5.41) is 2.81. The van der Waals surface area contributed by atoms with Crippen LogP contribution >= 0.6 is 0 Å². The number of amides is 1. The molecule has 4 nitrogen and oxygen atoms in total. The van der Waals surface area contributed by atoms with E-state index in [1.807, 2.05) is 6.92 Å². The number of carbonyl (C=O) groups is 1. The Kier molecular flexibility index (Phi) is 2.58. The zero-order chi connectivity index (χ0) is 10.8. The fourth-order valence-corrected chi connectivity index (χ4v) is 1.53. The van der Waals surface area contributed by atoms with Crippen molar-refractivity contribution in [1.82, 2.24) is 4.98 Å². The first kappa shape index (κ1) is 9.96. The summed E-state index contributed by atoms with van der Waals surface area (Å²) >= 11 is 0. The first-order chi connectivity index (χ1) is 7.16. The molecular weight excluding hydrogens is 190 g/mol. The molecule has 1 aromatic heterocycles. The van der Waals surface area contributed by atoms with E-state index in [1.165, 1.54) is 0 Å². The van der Waals surface area contributed by atoms with Crippen molar-refractivity contribution in [2.75, 3.05) is 11.1 Å². The molecule has 1 saturated carbocycles. The van der Waals surface area contributed by atoms with Crippen molar-refractivity contribution in [3.8, 4) is 0 Å². The van der Waals surface area contributed by atoms with E-state index in [1.54, 1.807) is 12.3 Å². The summed E-state index contributed by atoms with van der Waals surface area (Å²) in [6.45, 7) is 1.90. The van der Waals surface area contributed by atoms with Gasteiger partial charge in [0.2, 0.25) is 5.91 Å². The second-order valence-corrected chi connectivity index (χ2v) is 4.04. The fourth-order valence-electron chi connectivity index (χ4n) is 1.53. The second kappa shape index (κ2) is 3.88. The molecule has 1 amide bonds. The lowest BCUT2D eigenvalue weighted by atomic mass is 9.85. The topological polar surface area (TPSA) is 68.0 Å². The van der Waals surface area contributed by atoms with E-state index < -0.39 is 0 Å². The summed E-state index contributed by atoms with van der Waals surface area (Å²) in [5.41, 5.74) is 7.23. The third-order valence-corrected chi connectivity index (χ3v) is 2.88. The molecule has 1 fully saturated rings. The highest BCUT2D eigenvalue weighted by atomic mass is 16.2. The standard InChI is InChI=1S/C11H15N3O/c1-7-5-10(13-6-9(7)12)14-11(15)8-3-2-4-8/h5-6,8H,2-4,12H2,1H3,(H,13,14,15). The van der Waals surface area contributed by atoms with E-state index in [-0.39, 0.29) is 11.8 Å². The summed E-state index contributed by atoms with van der Waals surface area (Å²) in [6.07, 6.45) is 4.73. The van der Waals surface area contributed by atoms with Crippen LogP contribution in [0, 0.1) is 12.8 Å². The predicted molar refractivity (Wildman–Crippen MR) is 59.4 cm³/mol. The molecule has 0 saturated heterocycles. The summed E-state index contributed by atoms with van der Waals surface area (Å²) in [4.78, 5) is 15.7. The van der Waals surface area contributed by atoms with Crippen molar-refractivity contribution in [2.24, 2.45) is 5.92 Å². The monoisotopic (exact) mass is 205 g/mol. The maximum Gasteiger partial charge on any atom is 0.228 e. The van der Waals surface area contributed by atoms with E-state index in [9.17, 15) is 4.79 Å². The minimum atomic E-state index is 0.0814. The van der Waals surface area contributed by atoms with Crippen LogP contribution in [0.2, 0.25) is 0 Å². The molecule has 0 aromatic carbocycles. The van der Waals surface area contributed by atoms with Gasteiger partial charge in [-0.2, -0.15) is 0 Å². The first-order valence-corrected chi connectivity index (χ1v) is 5.20. The lowest BCUT2D eigenvalue weighted by Crippen LogP contribution is -2.28. The smallest absolute Gasteiger partial charge is 0.228 e. The van der Waals surface area contributed by atoms with Crippen LogP contribution in [0.25, 0.3) is 0 Å². The van der Waals surface area contributed by atoms with Gasteiger partial charge in [-0.25, -0.2) is 4.98 Å². The molecule has 0 bridgehead atoms. The second-order valence-electron chi connectivity index (χ2n) is 4.04. The van der Waals surface area contributed by atoms with Crippen LogP contribution in [0.15, 0.2) is 12.3 Å². The molecule has 1 aliphatic rings. The number of anilines is 2. The highest BCUT2D eigenvalue weighted by Crippen LogP contribution is 2.27. The molecule has 80 valence electrons. The lowest BCUT2D eigenvalue weighted by Gasteiger charge is -2.23. The molecule has 0 atom stereocenters. The highest BCUT2D eigenvalue weighted by molar-refractivity contribution is 5.92. The van der Waals surface area contributed by atoms with Crippen LogP contribution in [0.1, 0.15) is 24.8 Å². The third-order valence-electron chi connectivity index (χ3n) is 2.88. The number of nitrogens with two attached hydrogens (primary N) is 1. The number of rotatable bonds is 2. The SMILES string of the molecule is Cc1cc(NC(=O)C2CCC2)ncc1N. The molecule has 1 heterocycles. The van der Waals surface area contributed by atoms with Crippen molar-refractivity contribution >= 4 is 17.4 Å². The Labute approximate surface area is 88.9 Å². The number of pyridine rings is 1. The van der Waals surface area contributed by atoms with Crippen LogP contribution in [0.5, 0.6) is 0 Å². The molecule has 3 N–H and O–H groups in total. The quantitative estimate of drug-likeness (QED) is 0.772. The molecule has 0 spiro atoms. The van der Waals surface area contributed by atoms with Gasteiger partial charge >= 0.3 is 0 Å². The largest absolute Gasteiger partial charge is 0.397 e. The van der Waals surface area contributed by atoms with Gasteiger partial charge in [-0.15, -0.1) is 0 Å². The maximum atomic E-state index is 11.6. The first-order valence-electron chi connectivity index (χ1n) is 5.20. The fraction of sp³-hybridized carbons (Fsp3) is 0.455. The van der Waals surface area contributed by atoms with Gasteiger partial charge in [-0.1, -0.05) is 6.42 Å². The Morgan fingerprint density at radius 1 is 1.60 bits per heavy atom. The van der Waals surface area contributed by atoms with Crippen molar-refractivity contribution in [3.63, 3.8) is 0 Å². The number of aryl methyl sites for hydroxylation is 1. The van der Waals surface area contributed by atoms with Crippen LogP contribution in [-0.4, -0.2) is 10.9 Å². The molecule has 0 aliphatic heterocycles. The predicted octanol–water partition coefficient (Wildman–Crippen LogP) is 1.71. The molecular formula is C11H15N3O. The molecule has 2 rings (SSSR count). The number of nitrogen functional groups attached to an aromatic ring is 1. The summed E-state index contributed by atoms with van der Waals surface area (Å²) in [6, 6.07) is 1.80. The summed E-state index contributed by atoms with van der Waals surface area (Å²) in [7, 11) is 0. The van der Waals surface area contributed by atoms with Crippen molar-refractivity contribution < 1.29 is 4.79 Å². The summed E-state index contributed by atoms with van der Waals surface area (Å²) in [5.74, 6) is 0.862. The zero-order valence-corrected chi connectivity index (χ0v) is 8.79. The van der Waals surface area contributed by atoms with E-state index in [4.69, 9.17) is 5.73 Å². The van der Waals surface area contributed by atoms with Crippen molar-refractivity contribution in [3.05, 3.63) is 17.8 Å². The summed E-state index contributed by atoms with van der Waals surface area (Å²) < 4.78 is 0. The van der Waals surface area contributed by atoms with E-state index in [0.29, 0.717) is 11.5 Å². The van der Waals surface area contributed by atoms with Gasteiger partial charge in [0.1, 0.15) is 5.82 Å². The van der Waals surface area contributed by atoms with Gasteiger partial charge in [0.25, 0.3) is 0 Å². The van der Waals surface area contributed by atoms with Crippen LogP contribution in [0.4, 0.5) is 11.5 Å². The van der Waals surface area contributed by atoms with Gasteiger partial charge in [0.05, 0.1) is 11.9 Å². The molecule has 1 aliphatic carbocycles. The Morgan fingerprint density at radius 2 is 2.33 bits per heavy atom. The maximum absolute atomic E-state index is 11.6. The average molecular weight is 205 g/mol. The Balaban J connectivity index is 2.03. The number of hydrogen-bond acceptors (Lipinski definition) is 3. The van der Waals surface area contributed by atoms with Gasteiger partial charge in [0.15, 0.2) is 0 Å². The zero-order valence-electron chi connectivity index (χ0n) is 8.79. The minimum Gasteiger partial charge on any atom is -0.397 e. The van der Waals surface area contributed by atoms with Crippen LogP contribution < -0.4 is 11.1 Å². The number of aromatic nitrogens is 1. The molecule has 0 radical (unpaired) electrons. The Bertz CT molecular complexity index is 385. The number of nitrogens with one attached hydrogen (secondary N) is 1. The van der Waals surface area contributed by atoms with E-state index >= 15 is 0 Å². The molecule has 0 unspecified atom stereocenters. The van der Waals surface area contributed by atoms with Gasteiger partial charge < -0.3 is 11.1 Å². The Hall–Kier alpha value is -1.58. The van der Waals surface area contributed by atoms with E-state index in [0.717, 1.165) is 24.8 Å². The van der Waals surface area contributed by atoms with Gasteiger partial charge in [-0.05, 0) is 31.4 Å². The Morgan fingerprint density at radius 3 is 2.87 bits per heavy atom. The van der Waals surface area contributed by atoms with E-state index in [2.05, 4.69) is 10.3 Å². The molecule has 1 aromatic rings. The normalized spacial score (nSPS) is 15.8. The van der Waals surface area contributed by atoms with Gasteiger partial charge in [0, 0.05) is 5.92 Å². The number of nitrogens with zero attached hydrogens (tertiary/aromatic N) is 1. The lowest BCUT2D eigenvalue weighted by molar-refractivity contribution is -0.122. The number of hydrogen-bond donors (Lipinski definition) is 2. The molecule has 4 heteroatoms. The number of carbonyl (C=O) groups excluding carboxylic acids is 1. The highest BCUT2D eigenvalue weighted by Gasteiger charge is 2.25. The van der Waals surface area contributed by atoms with Crippen LogP contribution in [0.3, 0.4) is 0 Å². The van der Waals surface area contributed by atoms with Crippen molar-refractivity contribution in [2.45, 2.75) is 26.2 Å². The van der Waals surface area contributed by atoms with Crippen molar-refractivity contribution in [1.29, 1.82) is 0 Å². The average Bonchev–Trinajstić information content (AvgIpc) is 2.08.